The third-order valence-electron chi connectivity index (χ3n) is 4.53. The predicted octanol–water partition coefficient (Wildman–Crippen LogP) is 4.23. The van der Waals surface area contributed by atoms with Crippen molar-refractivity contribution in [3.05, 3.63) is 51.0 Å². The molecule has 0 bridgehead atoms. The van der Waals surface area contributed by atoms with Crippen molar-refractivity contribution in [1.29, 1.82) is 0 Å². The maximum absolute atomic E-state index is 6.08. The number of benzene rings is 1. The van der Waals surface area contributed by atoms with Crippen LogP contribution >= 0.6 is 35.3 Å². The Kier molecular flexibility index (Phi) is 8.50. The van der Waals surface area contributed by atoms with Crippen LogP contribution in [-0.2, 0) is 11.3 Å². The molecule has 3 rings (SSSR count). The van der Waals surface area contributed by atoms with Gasteiger partial charge in [0.15, 0.2) is 5.96 Å². The molecule has 2 heterocycles. The van der Waals surface area contributed by atoms with E-state index in [0.29, 0.717) is 13.2 Å². The second-order valence-corrected chi connectivity index (χ2v) is 8.00. The summed E-state index contributed by atoms with van der Waals surface area (Å²) < 4.78 is 6.08. The maximum Gasteiger partial charge on any atom is 0.194 e. The minimum absolute atomic E-state index is 0. The van der Waals surface area contributed by atoms with Crippen molar-refractivity contribution in [2.75, 3.05) is 26.2 Å². The van der Waals surface area contributed by atoms with Gasteiger partial charge in [-0.3, -0.25) is 0 Å². The highest BCUT2D eigenvalue weighted by Gasteiger charge is 2.25. The Labute approximate surface area is 183 Å². The first kappa shape index (κ1) is 22.1. The molecule has 1 unspecified atom stereocenters. The Morgan fingerprint density at radius 3 is 2.85 bits per heavy atom. The molecule has 7 heteroatoms. The number of aromatic nitrogens is 1. The number of aliphatic imine (C=N–C) groups is 1. The van der Waals surface area contributed by atoms with Gasteiger partial charge in [0.25, 0.3) is 0 Å². The number of rotatable bonds is 4. The number of guanidine groups is 1. The second kappa shape index (κ2) is 10.4. The lowest BCUT2D eigenvalue weighted by Crippen LogP contribution is -2.48. The van der Waals surface area contributed by atoms with Gasteiger partial charge in [0.2, 0.25) is 0 Å². The predicted molar refractivity (Wildman–Crippen MR) is 123 cm³/mol. The van der Waals surface area contributed by atoms with Gasteiger partial charge in [0.1, 0.15) is 6.10 Å². The summed E-state index contributed by atoms with van der Waals surface area (Å²) in [4.78, 5) is 12.7. The zero-order valence-electron chi connectivity index (χ0n) is 16.5. The van der Waals surface area contributed by atoms with Crippen LogP contribution in [0.15, 0.2) is 29.4 Å². The van der Waals surface area contributed by atoms with Gasteiger partial charge in [0, 0.05) is 24.2 Å². The van der Waals surface area contributed by atoms with Crippen LogP contribution in [0.1, 0.15) is 39.6 Å². The lowest BCUT2D eigenvalue weighted by molar-refractivity contribution is -0.00834. The molecule has 1 aliphatic heterocycles. The molecular weight excluding hydrogens is 471 g/mol. The van der Waals surface area contributed by atoms with Gasteiger partial charge in [-0.15, -0.1) is 35.3 Å². The first-order chi connectivity index (χ1) is 12.6. The third-order valence-corrected chi connectivity index (χ3v) is 5.42. The van der Waals surface area contributed by atoms with E-state index in [1.807, 2.05) is 13.1 Å². The SMILES string of the molecule is CCNC(=NCc1cnc(C)s1)N1CCOC(c2ccc(C)cc2C)C1.I. The summed E-state index contributed by atoms with van der Waals surface area (Å²) in [5.41, 5.74) is 3.85. The standard InChI is InChI=1S/C20H28N4OS.HI/c1-5-21-20(23-12-17-11-22-16(4)26-17)24-8-9-25-19(13-24)18-7-6-14(2)10-15(18)3;/h6-7,10-11,19H,5,8-9,12-13H2,1-4H3,(H,21,23);1H. The monoisotopic (exact) mass is 500 g/mol. The van der Waals surface area contributed by atoms with Crippen LogP contribution in [0.25, 0.3) is 0 Å². The molecule has 27 heavy (non-hydrogen) atoms. The van der Waals surface area contributed by atoms with Crippen LogP contribution < -0.4 is 5.32 Å². The Bertz CT molecular complexity index is 777. The summed E-state index contributed by atoms with van der Waals surface area (Å²) in [6.45, 7) is 12.3. The summed E-state index contributed by atoms with van der Waals surface area (Å²) in [5, 5.41) is 4.51. The molecule has 1 aromatic carbocycles. The number of thiazole rings is 1. The van der Waals surface area contributed by atoms with Crippen molar-refractivity contribution in [1.82, 2.24) is 15.2 Å². The normalized spacial score (nSPS) is 17.6. The first-order valence-electron chi connectivity index (χ1n) is 9.20. The molecule has 0 spiro atoms. The Morgan fingerprint density at radius 2 is 2.19 bits per heavy atom. The molecule has 1 N–H and O–H groups in total. The van der Waals surface area contributed by atoms with Gasteiger partial charge >= 0.3 is 0 Å². The molecule has 0 aliphatic carbocycles. The summed E-state index contributed by atoms with van der Waals surface area (Å²) in [6.07, 6.45) is 2.00. The van der Waals surface area contributed by atoms with Crippen molar-refractivity contribution in [2.45, 2.75) is 40.3 Å². The second-order valence-electron chi connectivity index (χ2n) is 6.68. The summed E-state index contributed by atoms with van der Waals surface area (Å²) >= 11 is 1.71. The molecular formula is C20H29IN4OS. The fraction of sp³-hybridized carbons (Fsp3) is 0.500. The van der Waals surface area contributed by atoms with Crippen molar-refractivity contribution in [3.8, 4) is 0 Å². The van der Waals surface area contributed by atoms with Crippen LogP contribution in [-0.4, -0.2) is 42.1 Å². The van der Waals surface area contributed by atoms with Crippen LogP contribution in [0, 0.1) is 20.8 Å². The van der Waals surface area contributed by atoms with E-state index in [1.54, 1.807) is 11.3 Å². The van der Waals surface area contributed by atoms with Gasteiger partial charge in [-0.2, -0.15) is 0 Å². The first-order valence-corrected chi connectivity index (χ1v) is 10.0. The van der Waals surface area contributed by atoms with Gasteiger partial charge in [0.05, 0.1) is 24.7 Å². The molecule has 1 aliphatic rings. The lowest BCUT2D eigenvalue weighted by Gasteiger charge is -2.36. The van der Waals surface area contributed by atoms with E-state index >= 15 is 0 Å². The van der Waals surface area contributed by atoms with Crippen molar-refractivity contribution < 1.29 is 4.74 Å². The van der Waals surface area contributed by atoms with Crippen molar-refractivity contribution in [3.63, 3.8) is 0 Å². The smallest absolute Gasteiger partial charge is 0.194 e. The highest BCUT2D eigenvalue weighted by molar-refractivity contribution is 14.0. The zero-order valence-corrected chi connectivity index (χ0v) is 19.6. The minimum Gasteiger partial charge on any atom is -0.370 e. The molecule has 1 fully saturated rings. The fourth-order valence-electron chi connectivity index (χ4n) is 3.27. The van der Waals surface area contributed by atoms with Crippen LogP contribution in [0.4, 0.5) is 0 Å². The number of nitrogens with zero attached hydrogens (tertiary/aromatic N) is 3. The van der Waals surface area contributed by atoms with Gasteiger partial charge in [-0.25, -0.2) is 9.98 Å². The molecule has 1 aromatic heterocycles. The number of morpholine rings is 1. The largest absolute Gasteiger partial charge is 0.370 e. The topological polar surface area (TPSA) is 49.8 Å². The fourth-order valence-corrected chi connectivity index (χ4v) is 3.99. The van der Waals surface area contributed by atoms with Gasteiger partial charge in [-0.1, -0.05) is 23.8 Å². The molecule has 1 atom stereocenters. The van der Waals surface area contributed by atoms with Gasteiger partial charge in [-0.05, 0) is 38.8 Å². The maximum atomic E-state index is 6.08. The molecule has 0 radical (unpaired) electrons. The van der Waals surface area contributed by atoms with Crippen molar-refractivity contribution >= 4 is 41.3 Å². The molecule has 0 amide bonds. The highest BCUT2D eigenvalue weighted by atomic mass is 127. The molecule has 1 saturated heterocycles. The van der Waals surface area contributed by atoms with Gasteiger partial charge < -0.3 is 15.0 Å². The number of ether oxygens (including phenoxy) is 1. The number of hydrogen-bond donors (Lipinski definition) is 1. The minimum atomic E-state index is 0. The highest BCUT2D eigenvalue weighted by Crippen LogP contribution is 2.26. The van der Waals surface area contributed by atoms with Crippen LogP contribution in [0.5, 0.6) is 0 Å². The van der Waals surface area contributed by atoms with E-state index in [0.717, 1.165) is 30.6 Å². The Morgan fingerprint density at radius 1 is 1.37 bits per heavy atom. The average molecular weight is 500 g/mol. The summed E-state index contributed by atoms with van der Waals surface area (Å²) in [5.74, 6) is 0.955. The van der Waals surface area contributed by atoms with E-state index in [1.165, 1.54) is 21.6 Å². The Balaban J connectivity index is 0.00000261. The molecule has 148 valence electrons. The van der Waals surface area contributed by atoms with E-state index in [9.17, 15) is 0 Å². The van der Waals surface area contributed by atoms with E-state index < -0.39 is 0 Å². The van der Waals surface area contributed by atoms with E-state index in [4.69, 9.17) is 9.73 Å². The lowest BCUT2D eigenvalue weighted by atomic mass is 10.00. The van der Waals surface area contributed by atoms with E-state index in [-0.39, 0.29) is 30.1 Å². The summed E-state index contributed by atoms with van der Waals surface area (Å²) in [7, 11) is 0. The number of hydrogen-bond acceptors (Lipinski definition) is 4. The zero-order chi connectivity index (χ0) is 18.5. The quantitative estimate of drug-likeness (QED) is 0.388. The number of nitrogens with one attached hydrogen (secondary N) is 1. The Hall–Kier alpha value is -1.19. The van der Waals surface area contributed by atoms with Crippen LogP contribution in [0.2, 0.25) is 0 Å². The molecule has 2 aromatic rings. The number of halogens is 1. The summed E-state index contributed by atoms with van der Waals surface area (Å²) in [6, 6.07) is 6.59. The van der Waals surface area contributed by atoms with E-state index in [2.05, 4.69) is 54.2 Å². The third kappa shape index (κ3) is 5.89. The molecule has 0 saturated carbocycles. The number of aryl methyl sites for hydroxylation is 3. The average Bonchev–Trinajstić information content (AvgIpc) is 3.04. The molecule has 5 nitrogen and oxygen atoms in total. The van der Waals surface area contributed by atoms with Crippen molar-refractivity contribution in [2.24, 2.45) is 4.99 Å². The van der Waals surface area contributed by atoms with Crippen LogP contribution in [0.3, 0.4) is 0 Å².